The van der Waals surface area contributed by atoms with E-state index in [4.69, 9.17) is 0 Å². The summed E-state index contributed by atoms with van der Waals surface area (Å²) >= 11 is 0. The second kappa shape index (κ2) is 7.51. The Balaban J connectivity index is 1.70. The lowest BCUT2D eigenvalue weighted by molar-refractivity contribution is 0.0796. The summed E-state index contributed by atoms with van der Waals surface area (Å²) in [6.07, 6.45) is 7.74. The van der Waals surface area contributed by atoms with Gasteiger partial charge >= 0.3 is 0 Å². The Labute approximate surface area is 141 Å². The van der Waals surface area contributed by atoms with E-state index in [1.807, 2.05) is 55.6 Å². The highest BCUT2D eigenvalue weighted by molar-refractivity contribution is 5.94. The topological polar surface area (TPSA) is 46.1 Å². The largest absolute Gasteiger partial charge is 0.341 e. The van der Waals surface area contributed by atoms with Crippen molar-refractivity contribution in [3.05, 3.63) is 84.4 Å². The van der Waals surface area contributed by atoms with Crippen LogP contribution in [0.5, 0.6) is 0 Å². The molecule has 3 rings (SSSR count). The van der Waals surface area contributed by atoms with Crippen LogP contribution in [0.2, 0.25) is 0 Å². The Kier molecular flexibility index (Phi) is 4.96. The molecule has 3 aromatic rings. The molecule has 1 aromatic carbocycles. The van der Waals surface area contributed by atoms with E-state index in [2.05, 4.69) is 9.97 Å². The number of carbonyl (C=O) groups is 1. The van der Waals surface area contributed by atoms with Crippen molar-refractivity contribution in [1.82, 2.24) is 14.9 Å². The van der Waals surface area contributed by atoms with Gasteiger partial charge in [-0.25, -0.2) is 0 Å². The number of pyridine rings is 2. The van der Waals surface area contributed by atoms with Crippen molar-refractivity contribution in [2.75, 3.05) is 13.6 Å². The zero-order chi connectivity index (χ0) is 16.8. The van der Waals surface area contributed by atoms with Crippen LogP contribution in [-0.4, -0.2) is 34.4 Å². The molecule has 1 amide bonds. The first-order valence-corrected chi connectivity index (χ1v) is 7.89. The summed E-state index contributed by atoms with van der Waals surface area (Å²) < 4.78 is 0. The fourth-order valence-electron chi connectivity index (χ4n) is 2.51. The average Bonchev–Trinajstić information content (AvgIpc) is 2.67. The number of hydrogen-bond donors (Lipinski definition) is 0. The van der Waals surface area contributed by atoms with Crippen LogP contribution in [0.3, 0.4) is 0 Å². The maximum absolute atomic E-state index is 12.6. The van der Waals surface area contributed by atoms with E-state index in [1.54, 1.807) is 29.7 Å². The number of nitrogens with zero attached hydrogens (tertiary/aromatic N) is 3. The Morgan fingerprint density at radius 3 is 2.46 bits per heavy atom. The first-order chi connectivity index (χ1) is 11.7. The van der Waals surface area contributed by atoms with Crippen molar-refractivity contribution in [2.24, 2.45) is 0 Å². The first kappa shape index (κ1) is 15.9. The number of benzene rings is 1. The monoisotopic (exact) mass is 317 g/mol. The van der Waals surface area contributed by atoms with Gasteiger partial charge in [0.15, 0.2) is 0 Å². The van der Waals surface area contributed by atoms with E-state index in [0.717, 1.165) is 17.5 Å². The summed E-state index contributed by atoms with van der Waals surface area (Å²) in [4.78, 5) is 22.6. The summed E-state index contributed by atoms with van der Waals surface area (Å²) in [7, 11) is 1.82. The van der Waals surface area contributed by atoms with E-state index in [-0.39, 0.29) is 5.91 Å². The standard InChI is InChI=1S/C20H19N3O/c1-23(12-9-16-7-10-21-11-8-16)20(24)19-13-18(14-22-15-19)17-5-3-2-4-6-17/h2-8,10-11,13-15H,9,12H2,1H3. The van der Waals surface area contributed by atoms with Gasteiger partial charge in [-0.05, 0) is 35.7 Å². The van der Waals surface area contributed by atoms with Crippen LogP contribution in [0.25, 0.3) is 11.1 Å². The van der Waals surface area contributed by atoms with Crippen LogP contribution >= 0.6 is 0 Å². The van der Waals surface area contributed by atoms with E-state index in [9.17, 15) is 4.79 Å². The highest BCUT2D eigenvalue weighted by Gasteiger charge is 2.13. The predicted molar refractivity (Wildman–Crippen MR) is 94.6 cm³/mol. The third-order valence-corrected chi connectivity index (χ3v) is 3.92. The molecule has 0 fully saturated rings. The fourth-order valence-corrected chi connectivity index (χ4v) is 2.51. The molecular weight excluding hydrogens is 298 g/mol. The summed E-state index contributed by atoms with van der Waals surface area (Å²) in [6.45, 7) is 0.651. The Bertz CT molecular complexity index is 803. The van der Waals surface area contributed by atoms with Gasteiger partial charge in [0.25, 0.3) is 5.91 Å². The van der Waals surface area contributed by atoms with Crippen LogP contribution in [0, 0.1) is 0 Å². The molecule has 0 saturated heterocycles. The minimum atomic E-state index is -0.0191. The third-order valence-electron chi connectivity index (χ3n) is 3.92. The highest BCUT2D eigenvalue weighted by atomic mass is 16.2. The molecule has 0 bridgehead atoms. The molecule has 4 nitrogen and oxygen atoms in total. The molecule has 2 heterocycles. The second-order valence-corrected chi connectivity index (χ2v) is 5.66. The molecule has 120 valence electrons. The minimum absolute atomic E-state index is 0.0191. The quantitative estimate of drug-likeness (QED) is 0.724. The van der Waals surface area contributed by atoms with Gasteiger partial charge in [0, 0.05) is 43.9 Å². The van der Waals surface area contributed by atoms with Crippen molar-refractivity contribution >= 4 is 5.91 Å². The minimum Gasteiger partial charge on any atom is -0.341 e. The molecule has 4 heteroatoms. The van der Waals surface area contributed by atoms with Gasteiger partial charge in [0.1, 0.15) is 0 Å². The lowest BCUT2D eigenvalue weighted by Crippen LogP contribution is -2.29. The summed E-state index contributed by atoms with van der Waals surface area (Å²) in [5.74, 6) is -0.0191. The van der Waals surface area contributed by atoms with E-state index in [1.165, 1.54) is 5.56 Å². The molecule has 0 atom stereocenters. The number of carbonyl (C=O) groups excluding carboxylic acids is 1. The highest BCUT2D eigenvalue weighted by Crippen LogP contribution is 2.19. The Morgan fingerprint density at radius 2 is 1.71 bits per heavy atom. The number of rotatable bonds is 5. The van der Waals surface area contributed by atoms with Crippen LogP contribution in [0.1, 0.15) is 15.9 Å². The van der Waals surface area contributed by atoms with Crippen LogP contribution in [0.4, 0.5) is 0 Å². The maximum Gasteiger partial charge on any atom is 0.255 e. The van der Waals surface area contributed by atoms with Crippen molar-refractivity contribution in [3.8, 4) is 11.1 Å². The van der Waals surface area contributed by atoms with Gasteiger partial charge in [-0.3, -0.25) is 14.8 Å². The van der Waals surface area contributed by atoms with Gasteiger partial charge in [-0.1, -0.05) is 30.3 Å². The molecular formula is C20H19N3O. The molecule has 2 aromatic heterocycles. The predicted octanol–water partition coefficient (Wildman–Crippen LogP) is 3.46. The SMILES string of the molecule is CN(CCc1ccncc1)C(=O)c1cncc(-c2ccccc2)c1. The molecule has 0 spiro atoms. The zero-order valence-electron chi connectivity index (χ0n) is 13.6. The first-order valence-electron chi connectivity index (χ1n) is 7.89. The molecule has 0 unspecified atom stereocenters. The van der Waals surface area contributed by atoms with Crippen molar-refractivity contribution in [3.63, 3.8) is 0 Å². The van der Waals surface area contributed by atoms with Crippen molar-refractivity contribution in [2.45, 2.75) is 6.42 Å². The Morgan fingerprint density at radius 1 is 0.958 bits per heavy atom. The number of aromatic nitrogens is 2. The second-order valence-electron chi connectivity index (χ2n) is 5.66. The van der Waals surface area contributed by atoms with E-state index in [0.29, 0.717) is 12.1 Å². The van der Waals surface area contributed by atoms with Gasteiger partial charge in [-0.2, -0.15) is 0 Å². The van der Waals surface area contributed by atoms with E-state index < -0.39 is 0 Å². The number of hydrogen-bond acceptors (Lipinski definition) is 3. The fraction of sp³-hybridized carbons (Fsp3) is 0.150. The summed E-state index contributed by atoms with van der Waals surface area (Å²) in [6, 6.07) is 15.8. The molecule has 24 heavy (non-hydrogen) atoms. The van der Waals surface area contributed by atoms with Crippen LogP contribution < -0.4 is 0 Å². The lowest BCUT2D eigenvalue weighted by atomic mass is 10.1. The van der Waals surface area contributed by atoms with Crippen LogP contribution in [-0.2, 0) is 6.42 Å². The molecule has 0 aliphatic carbocycles. The zero-order valence-corrected chi connectivity index (χ0v) is 13.6. The van der Waals surface area contributed by atoms with Gasteiger partial charge in [-0.15, -0.1) is 0 Å². The smallest absolute Gasteiger partial charge is 0.255 e. The third kappa shape index (κ3) is 3.84. The number of likely N-dealkylation sites (N-methyl/N-ethyl adjacent to an activating group) is 1. The molecule has 0 aliphatic rings. The van der Waals surface area contributed by atoms with Crippen molar-refractivity contribution in [1.29, 1.82) is 0 Å². The molecule has 0 saturated carbocycles. The normalized spacial score (nSPS) is 10.4. The molecule has 0 N–H and O–H groups in total. The van der Waals surface area contributed by atoms with Gasteiger partial charge < -0.3 is 4.90 Å². The number of amides is 1. The summed E-state index contributed by atoms with van der Waals surface area (Å²) in [5, 5.41) is 0. The van der Waals surface area contributed by atoms with Crippen molar-refractivity contribution < 1.29 is 4.79 Å². The average molecular weight is 317 g/mol. The van der Waals surface area contributed by atoms with Crippen LogP contribution in [0.15, 0.2) is 73.3 Å². The molecule has 0 radical (unpaired) electrons. The Hall–Kier alpha value is -3.01. The van der Waals surface area contributed by atoms with Gasteiger partial charge in [0.05, 0.1) is 5.56 Å². The van der Waals surface area contributed by atoms with E-state index >= 15 is 0 Å². The lowest BCUT2D eigenvalue weighted by Gasteiger charge is -2.17. The summed E-state index contributed by atoms with van der Waals surface area (Å²) in [5.41, 5.74) is 3.78. The molecule has 0 aliphatic heterocycles. The maximum atomic E-state index is 12.6. The van der Waals surface area contributed by atoms with Gasteiger partial charge in [0.2, 0.25) is 0 Å².